The number of hydrogen-bond donors (Lipinski definition) is 0. The second-order valence-corrected chi connectivity index (χ2v) is 7.64. The van der Waals surface area contributed by atoms with Crippen LogP contribution >= 0.6 is 0 Å². The molecule has 0 radical (unpaired) electrons. The summed E-state index contributed by atoms with van der Waals surface area (Å²) in [5, 5.41) is 0.547. The van der Waals surface area contributed by atoms with E-state index in [-0.39, 0.29) is 5.56 Å². The number of benzene rings is 1. The number of aryl methyl sites for hydroxylation is 2. The number of hydrogen-bond acceptors (Lipinski definition) is 7. The predicted molar refractivity (Wildman–Crippen MR) is 121 cm³/mol. The zero-order valence-electron chi connectivity index (χ0n) is 18.4. The molecule has 0 unspecified atom stereocenters. The Labute approximate surface area is 182 Å². The van der Waals surface area contributed by atoms with Gasteiger partial charge < -0.3 is 23.8 Å². The van der Waals surface area contributed by atoms with Gasteiger partial charge in [0.15, 0.2) is 11.5 Å². The number of rotatable bonds is 7. The fraction of sp³-hybridized carbons (Fsp3) is 0.435. The Morgan fingerprint density at radius 1 is 1.03 bits per heavy atom. The molecule has 8 heteroatoms. The second kappa shape index (κ2) is 9.34. The summed E-state index contributed by atoms with van der Waals surface area (Å²) in [6.07, 6.45) is 4.18. The number of pyridine rings is 1. The van der Waals surface area contributed by atoms with Gasteiger partial charge in [0.25, 0.3) is 5.56 Å². The molecule has 4 rings (SSSR count). The Bertz CT molecular complexity index is 1110. The van der Waals surface area contributed by atoms with E-state index in [2.05, 4.69) is 26.7 Å². The highest BCUT2D eigenvalue weighted by Gasteiger charge is 2.18. The first-order valence-corrected chi connectivity index (χ1v) is 10.7. The van der Waals surface area contributed by atoms with Crippen molar-refractivity contribution in [2.45, 2.75) is 19.9 Å². The average Bonchev–Trinajstić information content (AvgIpc) is 2.83. The lowest BCUT2D eigenvalue weighted by atomic mass is 10.1. The molecular formula is C23H29N5O3. The molecular weight excluding hydrogens is 394 g/mol. The van der Waals surface area contributed by atoms with Gasteiger partial charge in [0, 0.05) is 45.1 Å². The Hall–Kier alpha value is -3.13. The number of ether oxygens (including phenoxy) is 2. The Morgan fingerprint density at radius 3 is 2.52 bits per heavy atom. The van der Waals surface area contributed by atoms with Crippen molar-refractivity contribution in [3.8, 4) is 11.5 Å². The van der Waals surface area contributed by atoms with Gasteiger partial charge in [0.1, 0.15) is 0 Å². The van der Waals surface area contributed by atoms with Crippen molar-refractivity contribution >= 4 is 16.9 Å². The van der Waals surface area contributed by atoms with E-state index in [0.29, 0.717) is 41.3 Å². The fourth-order valence-corrected chi connectivity index (χ4v) is 3.94. The van der Waals surface area contributed by atoms with Crippen LogP contribution < -0.4 is 19.9 Å². The van der Waals surface area contributed by atoms with Crippen molar-refractivity contribution in [3.63, 3.8) is 0 Å². The molecule has 0 aliphatic carbocycles. The SMILES string of the molecule is CCN1CCN(c2ncc3c(=O)n(CCc4ccc(OC)c(OC)c4)ccc3n2)CC1. The molecule has 1 aliphatic rings. The molecule has 1 saturated heterocycles. The highest BCUT2D eigenvalue weighted by Crippen LogP contribution is 2.27. The number of likely N-dealkylation sites (N-methyl/N-ethyl adjacent to an activating group) is 1. The molecule has 3 aromatic rings. The lowest BCUT2D eigenvalue weighted by Gasteiger charge is -2.34. The van der Waals surface area contributed by atoms with Gasteiger partial charge in [-0.2, -0.15) is 0 Å². The van der Waals surface area contributed by atoms with Crippen LogP contribution in [0.5, 0.6) is 11.5 Å². The Morgan fingerprint density at radius 2 is 1.81 bits per heavy atom. The number of aromatic nitrogens is 3. The van der Waals surface area contributed by atoms with Gasteiger partial charge in [-0.05, 0) is 36.7 Å². The molecule has 31 heavy (non-hydrogen) atoms. The number of anilines is 1. The van der Waals surface area contributed by atoms with Gasteiger partial charge in [0.2, 0.25) is 5.95 Å². The molecule has 0 N–H and O–H groups in total. The second-order valence-electron chi connectivity index (χ2n) is 7.64. The third-order valence-electron chi connectivity index (χ3n) is 5.90. The van der Waals surface area contributed by atoms with Crippen molar-refractivity contribution in [1.29, 1.82) is 0 Å². The summed E-state index contributed by atoms with van der Waals surface area (Å²) in [5.74, 6) is 2.08. The summed E-state index contributed by atoms with van der Waals surface area (Å²) in [5.41, 5.74) is 1.69. The Balaban J connectivity index is 1.50. The molecule has 0 bridgehead atoms. The van der Waals surface area contributed by atoms with E-state index in [1.165, 1.54) is 0 Å². The summed E-state index contributed by atoms with van der Waals surface area (Å²) in [6, 6.07) is 7.71. The summed E-state index contributed by atoms with van der Waals surface area (Å²) in [7, 11) is 3.23. The number of methoxy groups -OCH3 is 2. The molecule has 1 fully saturated rings. The van der Waals surface area contributed by atoms with Crippen LogP contribution in [0.25, 0.3) is 10.9 Å². The van der Waals surface area contributed by atoms with Crippen molar-refractivity contribution in [2.75, 3.05) is 51.8 Å². The molecule has 2 aromatic heterocycles. The maximum Gasteiger partial charge on any atom is 0.261 e. The largest absolute Gasteiger partial charge is 0.493 e. The van der Waals surface area contributed by atoms with Crippen LogP contribution in [0.2, 0.25) is 0 Å². The summed E-state index contributed by atoms with van der Waals surface area (Å²) in [6.45, 7) is 7.63. The van der Waals surface area contributed by atoms with Crippen LogP contribution in [0.4, 0.5) is 5.95 Å². The number of piperazine rings is 1. The summed E-state index contributed by atoms with van der Waals surface area (Å²) in [4.78, 5) is 26.7. The maximum atomic E-state index is 13.0. The van der Waals surface area contributed by atoms with E-state index >= 15 is 0 Å². The van der Waals surface area contributed by atoms with Gasteiger partial charge >= 0.3 is 0 Å². The first kappa shape index (κ1) is 21.1. The van der Waals surface area contributed by atoms with Crippen LogP contribution in [0, 0.1) is 0 Å². The molecule has 3 heterocycles. The molecule has 1 aromatic carbocycles. The summed E-state index contributed by atoms with van der Waals surface area (Å²) < 4.78 is 12.4. The molecule has 0 amide bonds. The molecule has 8 nitrogen and oxygen atoms in total. The minimum absolute atomic E-state index is 0.0691. The van der Waals surface area contributed by atoms with Crippen LogP contribution in [-0.2, 0) is 13.0 Å². The van der Waals surface area contributed by atoms with E-state index in [4.69, 9.17) is 9.47 Å². The van der Waals surface area contributed by atoms with Crippen molar-refractivity contribution < 1.29 is 9.47 Å². The van der Waals surface area contributed by atoms with Gasteiger partial charge in [-0.25, -0.2) is 9.97 Å². The van der Waals surface area contributed by atoms with E-state index in [1.54, 1.807) is 25.0 Å². The third kappa shape index (κ3) is 4.49. The molecule has 1 aliphatic heterocycles. The van der Waals surface area contributed by atoms with Gasteiger partial charge in [-0.1, -0.05) is 13.0 Å². The monoisotopic (exact) mass is 423 g/mol. The highest BCUT2D eigenvalue weighted by atomic mass is 16.5. The van der Waals surface area contributed by atoms with Crippen molar-refractivity contribution in [3.05, 3.63) is 52.6 Å². The fourth-order valence-electron chi connectivity index (χ4n) is 3.94. The van der Waals surface area contributed by atoms with E-state index in [1.807, 2.05) is 30.5 Å². The van der Waals surface area contributed by atoms with E-state index < -0.39 is 0 Å². The van der Waals surface area contributed by atoms with E-state index in [0.717, 1.165) is 38.3 Å². The van der Waals surface area contributed by atoms with Crippen LogP contribution in [0.15, 0.2) is 41.5 Å². The smallest absolute Gasteiger partial charge is 0.261 e. The zero-order valence-corrected chi connectivity index (χ0v) is 18.4. The first-order chi connectivity index (χ1) is 15.1. The minimum Gasteiger partial charge on any atom is -0.493 e. The Kier molecular flexibility index (Phi) is 6.36. The molecule has 0 spiro atoms. The highest BCUT2D eigenvalue weighted by molar-refractivity contribution is 5.77. The van der Waals surface area contributed by atoms with Gasteiger partial charge in [-0.3, -0.25) is 4.79 Å². The molecule has 0 saturated carbocycles. The standard InChI is InChI=1S/C23H29N5O3/c1-4-26-11-13-28(14-12-26)23-24-16-18-19(25-23)8-10-27(22(18)29)9-7-17-5-6-20(30-2)21(15-17)31-3/h5-6,8,10,15-16H,4,7,9,11-14H2,1-3H3. The maximum absolute atomic E-state index is 13.0. The topological polar surface area (TPSA) is 72.7 Å². The van der Waals surface area contributed by atoms with Crippen LogP contribution in [0.1, 0.15) is 12.5 Å². The number of nitrogens with zero attached hydrogens (tertiary/aromatic N) is 5. The predicted octanol–water partition coefficient (Wildman–Crippen LogP) is 2.19. The summed E-state index contributed by atoms with van der Waals surface area (Å²) >= 11 is 0. The minimum atomic E-state index is -0.0691. The molecule has 164 valence electrons. The average molecular weight is 424 g/mol. The normalized spacial score (nSPS) is 14.7. The van der Waals surface area contributed by atoms with E-state index in [9.17, 15) is 4.79 Å². The lowest BCUT2D eigenvalue weighted by molar-refractivity contribution is 0.270. The van der Waals surface area contributed by atoms with Crippen molar-refractivity contribution in [1.82, 2.24) is 19.4 Å². The third-order valence-corrected chi connectivity index (χ3v) is 5.90. The van der Waals surface area contributed by atoms with Crippen LogP contribution in [-0.4, -0.2) is 66.4 Å². The van der Waals surface area contributed by atoms with Gasteiger partial charge in [-0.15, -0.1) is 0 Å². The zero-order chi connectivity index (χ0) is 21.8. The van der Waals surface area contributed by atoms with Crippen LogP contribution in [0.3, 0.4) is 0 Å². The first-order valence-electron chi connectivity index (χ1n) is 10.7. The molecule has 0 atom stereocenters. The lowest BCUT2D eigenvalue weighted by Crippen LogP contribution is -2.46. The quantitative estimate of drug-likeness (QED) is 0.577. The van der Waals surface area contributed by atoms with Gasteiger partial charge in [0.05, 0.1) is 25.1 Å². The van der Waals surface area contributed by atoms with Crippen molar-refractivity contribution in [2.24, 2.45) is 0 Å². The number of fused-ring (bicyclic) bond motifs is 1.